The van der Waals surface area contributed by atoms with Gasteiger partial charge in [0.1, 0.15) is 23.4 Å². The van der Waals surface area contributed by atoms with Crippen molar-refractivity contribution in [2.45, 2.75) is 92.5 Å². The Morgan fingerprint density at radius 3 is 2.15 bits per heavy atom. The van der Waals surface area contributed by atoms with E-state index in [4.69, 9.17) is 4.74 Å². The van der Waals surface area contributed by atoms with Gasteiger partial charge in [0.25, 0.3) is 0 Å². The van der Waals surface area contributed by atoms with Crippen molar-refractivity contribution in [2.75, 3.05) is 6.54 Å². The molecular weight excluding hydrogens is 422 g/mol. The smallest absolute Gasteiger partial charge is 0.408 e. The molecule has 0 aliphatic carbocycles. The summed E-state index contributed by atoms with van der Waals surface area (Å²) >= 11 is 0. The van der Waals surface area contributed by atoms with Crippen LogP contribution in [-0.2, 0) is 14.3 Å². The highest BCUT2D eigenvalue weighted by molar-refractivity contribution is 5.92. The maximum absolute atomic E-state index is 13.7. The van der Waals surface area contributed by atoms with Gasteiger partial charge in [0.2, 0.25) is 11.8 Å². The number of ether oxygens (including phenoxy) is 1. The summed E-state index contributed by atoms with van der Waals surface area (Å²) in [6.07, 6.45) is -0.289. The Labute approximate surface area is 198 Å². The molecule has 1 aromatic rings. The van der Waals surface area contributed by atoms with Gasteiger partial charge in [-0.3, -0.25) is 9.59 Å². The first-order valence-electron chi connectivity index (χ1n) is 11.6. The fourth-order valence-electron chi connectivity index (χ4n) is 3.49. The maximum atomic E-state index is 13.7. The SMILES string of the molecule is CCN(C(=O)C(CC(C)C)NC(=O)OC(C)(C)C)C(C(=O)NC(C)C)c1ccc(O)c(C)c1. The Bertz CT molecular complexity index is 830. The largest absolute Gasteiger partial charge is 0.508 e. The van der Waals surface area contributed by atoms with Crippen molar-refractivity contribution >= 4 is 17.9 Å². The van der Waals surface area contributed by atoms with Gasteiger partial charge in [0, 0.05) is 12.6 Å². The number of nitrogens with zero attached hydrogens (tertiary/aromatic N) is 1. The molecule has 1 aromatic carbocycles. The van der Waals surface area contributed by atoms with Gasteiger partial charge in [0.05, 0.1) is 0 Å². The van der Waals surface area contributed by atoms with Gasteiger partial charge >= 0.3 is 6.09 Å². The second kappa shape index (κ2) is 11.9. The van der Waals surface area contributed by atoms with E-state index >= 15 is 0 Å². The maximum Gasteiger partial charge on any atom is 0.408 e. The van der Waals surface area contributed by atoms with E-state index < -0.39 is 23.8 Å². The van der Waals surface area contributed by atoms with Crippen molar-refractivity contribution in [1.29, 1.82) is 0 Å². The van der Waals surface area contributed by atoms with Crippen molar-refractivity contribution in [3.8, 4) is 5.75 Å². The highest BCUT2D eigenvalue weighted by atomic mass is 16.6. The third kappa shape index (κ3) is 8.94. The number of carbonyl (C=O) groups excluding carboxylic acids is 3. The van der Waals surface area contributed by atoms with Crippen LogP contribution in [0.4, 0.5) is 4.79 Å². The molecule has 0 bridgehead atoms. The van der Waals surface area contributed by atoms with E-state index in [0.717, 1.165) is 0 Å². The Kier molecular flexibility index (Phi) is 10.2. The molecule has 0 heterocycles. The van der Waals surface area contributed by atoms with Crippen LogP contribution in [0, 0.1) is 12.8 Å². The number of carbonyl (C=O) groups is 3. The van der Waals surface area contributed by atoms with Crippen LogP contribution in [0.1, 0.15) is 79.0 Å². The third-order valence-electron chi connectivity index (χ3n) is 4.85. The van der Waals surface area contributed by atoms with Crippen molar-refractivity contribution in [3.63, 3.8) is 0 Å². The summed E-state index contributed by atoms with van der Waals surface area (Å²) in [5, 5.41) is 15.5. The number of amides is 3. The molecule has 8 heteroatoms. The molecule has 186 valence electrons. The fourth-order valence-corrected chi connectivity index (χ4v) is 3.49. The standard InChI is InChI=1S/C25H41N3O5/c1-10-28(23(31)19(13-15(2)3)27-24(32)33-25(7,8)9)21(22(30)26-16(4)5)18-11-12-20(29)17(6)14-18/h11-12,14-16,19,21,29H,10,13H2,1-9H3,(H,26,30)(H,27,32). The van der Waals surface area contributed by atoms with Gasteiger partial charge in [0.15, 0.2) is 0 Å². The van der Waals surface area contributed by atoms with E-state index in [9.17, 15) is 19.5 Å². The average Bonchev–Trinajstić information content (AvgIpc) is 2.64. The monoisotopic (exact) mass is 463 g/mol. The molecule has 0 spiro atoms. The second-order valence-corrected chi connectivity index (χ2v) is 10.1. The van der Waals surface area contributed by atoms with Crippen molar-refractivity contribution in [3.05, 3.63) is 29.3 Å². The summed E-state index contributed by atoms with van der Waals surface area (Å²) in [5.74, 6) is -0.468. The minimum absolute atomic E-state index is 0.111. The summed E-state index contributed by atoms with van der Waals surface area (Å²) < 4.78 is 5.36. The number of phenols is 1. The lowest BCUT2D eigenvalue weighted by Gasteiger charge is -2.34. The van der Waals surface area contributed by atoms with E-state index in [1.54, 1.807) is 46.8 Å². The van der Waals surface area contributed by atoms with Crippen molar-refractivity contribution < 1.29 is 24.2 Å². The lowest BCUT2D eigenvalue weighted by molar-refractivity contribution is -0.142. The molecule has 2 atom stereocenters. The molecule has 3 N–H and O–H groups in total. The molecule has 2 unspecified atom stereocenters. The lowest BCUT2D eigenvalue weighted by atomic mass is 9.98. The summed E-state index contributed by atoms with van der Waals surface area (Å²) in [5.41, 5.74) is 0.478. The number of nitrogens with one attached hydrogen (secondary N) is 2. The molecule has 0 radical (unpaired) electrons. The first-order valence-corrected chi connectivity index (χ1v) is 11.6. The van der Waals surface area contributed by atoms with E-state index in [1.165, 1.54) is 11.0 Å². The van der Waals surface area contributed by atoms with Gasteiger partial charge in [-0.15, -0.1) is 0 Å². The highest BCUT2D eigenvalue weighted by Crippen LogP contribution is 2.27. The van der Waals surface area contributed by atoms with Crippen LogP contribution >= 0.6 is 0 Å². The van der Waals surface area contributed by atoms with E-state index in [2.05, 4.69) is 10.6 Å². The molecule has 3 amide bonds. The van der Waals surface area contributed by atoms with Gasteiger partial charge in [-0.1, -0.05) is 19.9 Å². The Morgan fingerprint density at radius 2 is 1.70 bits per heavy atom. The molecule has 0 aliphatic rings. The number of likely N-dealkylation sites (N-methyl/N-ethyl adjacent to an activating group) is 1. The predicted molar refractivity (Wildman–Crippen MR) is 129 cm³/mol. The Morgan fingerprint density at radius 1 is 1.09 bits per heavy atom. The molecule has 0 aliphatic heterocycles. The van der Waals surface area contributed by atoms with Crippen LogP contribution in [0.25, 0.3) is 0 Å². The Balaban J connectivity index is 3.38. The summed E-state index contributed by atoms with van der Waals surface area (Å²) in [6.45, 7) is 16.7. The summed E-state index contributed by atoms with van der Waals surface area (Å²) in [7, 11) is 0. The molecule has 0 aromatic heterocycles. The molecule has 0 saturated carbocycles. The highest BCUT2D eigenvalue weighted by Gasteiger charge is 2.36. The fraction of sp³-hybridized carbons (Fsp3) is 0.640. The van der Waals surface area contributed by atoms with Crippen molar-refractivity contribution in [1.82, 2.24) is 15.5 Å². The molecule has 0 saturated heterocycles. The van der Waals surface area contributed by atoms with Gasteiger partial charge in [-0.05, 0) is 84.1 Å². The van der Waals surface area contributed by atoms with Gasteiger partial charge in [-0.2, -0.15) is 0 Å². The van der Waals surface area contributed by atoms with Crippen LogP contribution in [0.2, 0.25) is 0 Å². The topological polar surface area (TPSA) is 108 Å². The van der Waals surface area contributed by atoms with E-state index in [0.29, 0.717) is 17.5 Å². The predicted octanol–water partition coefficient (Wildman–Crippen LogP) is 4.05. The first kappa shape index (κ1) is 28.3. The number of alkyl carbamates (subject to hydrolysis) is 1. The van der Waals surface area contributed by atoms with Crippen LogP contribution in [-0.4, -0.2) is 52.1 Å². The zero-order valence-corrected chi connectivity index (χ0v) is 21.5. The zero-order chi connectivity index (χ0) is 25.5. The molecule has 1 rings (SSSR count). The van der Waals surface area contributed by atoms with Crippen molar-refractivity contribution in [2.24, 2.45) is 5.92 Å². The van der Waals surface area contributed by atoms with Crippen LogP contribution in [0.3, 0.4) is 0 Å². The number of rotatable bonds is 9. The van der Waals surface area contributed by atoms with E-state index in [-0.39, 0.29) is 36.1 Å². The first-order chi connectivity index (χ1) is 15.2. The summed E-state index contributed by atoms with van der Waals surface area (Å²) in [6, 6.07) is 2.96. The Hall–Kier alpha value is -2.77. The van der Waals surface area contributed by atoms with Gasteiger partial charge in [-0.25, -0.2) is 4.79 Å². The lowest BCUT2D eigenvalue weighted by Crippen LogP contribution is -2.53. The van der Waals surface area contributed by atoms with Crippen LogP contribution in [0.15, 0.2) is 18.2 Å². The molecule has 8 nitrogen and oxygen atoms in total. The average molecular weight is 464 g/mol. The number of aromatic hydroxyl groups is 1. The minimum Gasteiger partial charge on any atom is -0.508 e. The van der Waals surface area contributed by atoms with Crippen LogP contribution in [0.5, 0.6) is 5.75 Å². The molecule has 33 heavy (non-hydrogen) atoms. The normalized spacial score (nSPS) is 13.4. The summed E-state index contributed by atoms with van der Waals surface area (Å²) in [4.78, 5) is 40.8. The number of hydrogen-bond donors (Lipinski definition) is 3. The molecular formula is C25H41N3O5. The minimum atomic E-state index is -0.917. The zero-order valence-electron chi connectivity index (χ0n) is 21.5. The quantitative estimate of drug-likeness (QED) is 0.512. The van der Waals surface area contributed by atoms with Crippen LogP contribution < -0.4 is 10.6 Å². The third-order valence-corrected chi connectivity index (χ3v) is 4.85. The van der Waals surface area contributed by atoms with E-state index in [1.807, 2.05) is 27.7 Å². The number of phenolic OH excluding ortho intramolecular Hbond substituents is 1. The van der Waals surface area contributed by atoms with Gasteiger partial charge < -0.3 is 25.4 Å². The number of benzene rings is 1. The second-order valence-electron chi connectivity index (χ2n) is 10.1. The number of hydrogen-bond acceptors (Lipinski definition) is 5. The molecule has 0 fully saturated rings. The number of aryl methyl sites for hydroxylation is 1.